The quantitative estimate of drug-likeness (QED) is 0.749. The smallest absolute Gasteiger partial charge is 0.157 e. The molecular weight excluding hydrogens is 281 g/mol. The Morgan fingerprint density at radius 1 is 1.18 bits per heavy atom. The predicted octanol–water partition coefficient (Wildman–Crippen LogP) is 3.65. The lowest BCUT2D eigenvalue weighted by atomic mass is 9.89. The molecule has 0 amide bonds. The highest BCUT2D eigenvalue weighted by Gasteiger charge is 2.21. The first-order valence-corrected chi connectivity index (χ1v) is 7.26. The van der Waals surface area contributed by atoms with Gasteiger partial charge in [-0.2, -0.15) is 0 Å². The van der Waals surface area contributed by atoms with Crippen molar-refractivity contribution < 1.29 is 13.9 Å². The molecule has 0 atom stereocenters. The van der Waals surface area contributed by atoms with E-state index in [1.807, 2.05) is 18.2 Å². The molecule has 1 aliphatic carbocycles. The van der Waals surface area contributed by atoms with Crippen molar-refractivity contribution in [3.8, 4) is 17.0 Å². The third kappa shape index (κ3) is 1.99. The standard InChI is InChI=1S/C18H14FNO2/c19-12-2-6-17-16(10-12)15-4-1-11-9-13(22-8-7-21)3-5-14(11)18(15)20-17/h2-3,5-7,9-10,20H,1,4,8H2. The van der Waals surface area contributed by atoms with Gasteiger partial charge in [0.1, 0.15) is 18.2 Å². The Bertz CT molecular complexity index is 882. The van der Waals surface area contributed by atoms with Crippen LogP contribution in [0.2, 0.25) is 0 Å². The van der Waals surface area contributed by atoms with E-state index in [1.165, 1.54) is 17.2 Å². The summed E-state index contributed by atoms with van der Waals surface area (Å²) in [6.07, 6.45) is 2.48. The lowest BCUT2D eigenvalue weighted by Gasteiger charge is -2.17. The summed E-state index contributed by atoms with van der Waals surface area (Å²) in [5.74, 6) is 0.495. The minimum atomic E-state index is -0.210. The monoisotopic (exact) mass is 295 g/mol. The van der Waals surface area contributed by atoms with Gasteiger partial charge in [-0.05, 0) is 60.4 Å². The van der Waals surface area contributed by atoms with Crippen LogP contribution in [0.5, 0.6) is 5.75 Å². The molecule has 0 spiro atoms. The van der Waals surface area contributed by atoms with Crippen molar-refractivity contribution in [1.82, 2.24) is 4.98 Å². The van der Waals surface area contributed by atoms with Crippen molar-refractivity contribution in [2.24, 2.45) is 0 Å². The molecule has 0 saturated heterocycles. The van der Waals surface area contributed by atoms with Crippen LogP contribution in [0.1, 0.15) is 11.1 Å². The van der Waals surface area contributed by atoms with Crippen LogP contribution in [0.4, 0.5) is 4.39 Å². The highest BCUT2D eigenvalue weighted by Crippen LogP contribution is 2.38. The number of aldehydes is 1. The van der Waals surface area contributed by atoms with Crippen LogP contribution >= 0.6 is 0 Å². The fourth-order valence-electron chi connectivity index (χ4n) is 3.21. The topological polar surface area (TPSA) is 42.1 Å². The molecule has 110 valence electrons. The van der Waals surface area contributed by atoms with E-state index in [4.69, 9.17) is 4.74 Å². The van der Waals surface area contributed by atoms with Crippen molar-refractivity contribution in [2.45, 2.75) is 12.8 Å². The van der Waals surface area contributed by atoms with Gasteiger partial charge in [-0.15, -0.1) is 0 Å². The Hall–Kier alpha value is -2.62. The molecule has 3 aromatic rings. The Morgan fingerprint density at radius 3 is 2.95 bits per heavy atom. The molecule has 4 heteroatoms. The van der Waals surface area contributed by atoms with Gasteiger partial charge in [0.15, 0.2) is 6.29 Å². The van der Waals surface area contributed by atoms with Crippen LogP contribution in [-0.2, 0) is 17.6 Å². The van der Waals surface area contributed by atoms with E-state index in [0.29, 0.717) is 5.75 Å². The second-order valence-electron chi connectivity index (χ2n) is 5.47. The van der Waals surface area contributed by atoms with Crippen molar-refractivity contribution >= 4 is 17.2 Å². The van der Waals surface area contributed by atoms with Gasteiger partial charge in [-0.3, -0.25) is 4.79 Å². The van der Waals surface area contributed by atoms with Crippen molar-refractivity contribution in [3.05, 3.63) is 53.3 Å². The summed E-state index contributed by atoms with van der Waals surface area (Å²) < 4.78 is 18.8. The second kappa shape index (κ2) is 4.98. The lowest BCUT2D eigenvalue weighted by Crippen LogP contribution is -2.04. The zero-order valence-corrected chi connectivity index (χ0v) is 11.9. The number of hydrogen-bond donors (Lipinski definition) is 1. The first-order valence-electron chi connectivity index (χ1n) is 7.26. The van der Waals surface area contributed by atoms with Crippen LogP contribution in [0.25, 0.3) is 22.2 Å². The molecule has 1 N–H and O–H groups in total. The third-order valence-corrected chi connectivity index (χ3v) is 4.18. The number of hydrogen-bond acceptors (Lipinski definition) is 2. The van der Waals surface area contributed by atoms with Crippen LogP contribution in [-0.4, -0.2) is 17.9 Å². The summed E-state index contributed by atoms with van der Waals surface area (Å²) >= 11 is 0. The van der Waals surface area contributed by atoms with E-state index in [1.54, 1.807) is 12.1 Å². The van der Waals surface area contributed by atoms with Gasteiger partial charge in [-0.1, -0.05) is 0 Å². The van der Waals surface area contributed by atoms with Crippen molar-refractivity contribution in [2.75, 3.05) is 6.61 Å². The van der Waals surface area contributed by atoms with E-state index in [2.05, 4.69) is 4.98 Å². The maximum absolute atomic E-state index is 13.5. The van der Waals surface area contributed by atoms with Crippen molar-refractivity contribution in [1.29, 1.82) is 0 Å². The summed E-state index contributed by atoms with van der Waals surface area (Å²) in [6.45, 7) is 0.0652. The predicted molar refractivity (Wildman–Crippen MR) is 82.7 cm³/mol. The Morgan fingerprint density at radius 2 is 2.09 bits per heavy atom. The molecule has 1 aliphatic rings. The number of carbonyl (C=O) groups is 1. The zero-order chi connectivity index (χ0) is 15.1. The molecule has 22 heavy (non-hydrogen) atoms. The number of aromatic amines is 1. The molecule has 0 radical (unpaired) electrons. The molecule has 0 saturated carbocycles. The summed E-state index contributed by atoms with van der Waals surface area (Å²) in [5.41, 5.74) is 5.49. The Balaban J connectivity index is 1.83. The summed E-state index contributed by atoms with van der Waals surface area (Å²) in [5, 5.41) is 0.960. The fourth-order valence-corrected chi connectivity index (χ4v) is 3.21. The van der Waals surface area contributed by atoms with E-state index in [-0.39, 0.29) is 12.4 Å². The second-order valence-corrected chi connectivity index (χ2v) is 5.47. The number of fused-ring (bicyclic) bond motifs is 5. The van der Waals surface area contributed by atoms with Gasteiger partial charge in [-0.25, -0.2) is 4.39 Å². The van der Waals surface area contributed by atoms with Gasteiger partial charge >= 0.3 is 0 Å². The summed E-state index contributed by atoms with van der Waals surface area (Å²) in [7, 11) is 0. The van der Waals surface area contributed by atoms with Gasteiger partial charge in [0.2, 0.25) is 0 Å². The number of carbonyl (C=O) groups excluding carboxylic acids is 1. The number of aryl methyl sites for hydroxylation is 2. The summed E-state index contributed by atoms with van der Waals surface area (Å²) in [6, 6.07) is 10.7. The van der Waals surface area contributed by atoms with E-state index >= 15 is 0 Å². The van der Waals surface area contributed by atoms with E-state index in [9.17, 15) is 9.18 Å². The fraction of sp³-hybridized carbons (Fsp3) is 0.167. The highest BCUT2D eigenvalue weighted by atomic mass is 19.1. The van der Waals surface area contributed by atoms with E-state index < -0.39 is 0 Å². The van der Waals surface area contributed by atoms with Gasteiger partial charge in [0.25, 0.3) is 0 Å². The average molecular weight is 295 g/mol. The molecule has 4 rings (SSSR count). The number of nitrogens with one attached hydrogen (secondary N) is 1. The maximum atomic E-state index is 13.5. The highest BCUT2D eigenvalue weighted by molar-refractivity contribution is 5.92. The lowest BCUT2D eigenvalue weighted by molar-refractivity contribution is -0.109. The van der Waals surface area contributed by atoms with E-state index in [0.717, 1.165) is 41.3 Å². The molecular formula is C18H14FNO2. The SMILES string of the molecule is O=CCOc1ccc2c(c1)CCc1c-2[nH]c2ccc(F)cc12. The summed E-state index contributed by atoms with van der Waals surface area (Å²) in [4.78, 5) is 13.8. The molecule has 3 nitrogen and oxygen atoms in total. The normalized spacial score (nSPS) is 12.8. The van der Waals surface area contributed by atoms with Crippen molar-refractivity contribution in [3.63, 3.8) is 0 Å². The number of ether oxygens (including phenoxy) is 1. The van der Waals surface area contributed by atoms with Gasteiger partial charge < -0.3 is 9.72 Å². The van der Waals surface area contributed by atoms with Crippen LogP contribution in [0, 0.1) is 5.82 Å². The van der Waals surface area contributed by atoms with Crippen LogP contribution < -0.4 is 4.74 Å². The number of halogens is 1. The third-order valence-electron chi connectivity index (χ3n) is 4.18. The first kappa shape index (κ1) is 13.1. The Labute approximate surface area is 126 Å². The van der Waals surface area contributed by atoms with Gasteiger partial charge in [0, 0.05) is 22.2 Å². The molecule has 0 unspecified atom stereocenters. The number of benzene rings is 2. The Kier molecular flexibility index (Phi) is 2.96. The minimum Gasteiger partial charge on any atom is -0.486 e. The first-order chi connectivity index (χ1) is 10.8. The maximum Gasteiger partial charge on any atom is 0.157 e. The number of H-pyrrole nitrogens is 1. The molecule has 0 aliphatic heterocycles. The largest absolute Gasteiger partial charge is 0.486 e. The molecule has 1 aromatic heterocycles. The number of aromatic nitrogens is 1. The number of rotatable bonds is 3. The van der Waals surface area contributed by atoms with Gasteiger partial charge in [0.05, 0.1) is 0 Å². The van der Waals surface area contributed by atoms with Crippen LogP contribution in [0.3, 0.4) is 0 Å². The molecule has 1 heterocycles. The minimum absolute atomic E-state index is 0.0652. The zero-order valence-electron chi connectivity index (χ0n) is 11.9. The average Bonchev–Trinajstić information content (AvgIpc) is 2.90. The molecule has 0 fully saturated rings. The molecule has 0 bridgehead atoms. The molecule has 2 aromatic carbocycles. The van der Waals surface area contributed by atoms with Crippen LogP contribution in [0.15, 0.2) is 36.4 Å².